The fourth-order valence-corrected chi connectivity index (χ4v) is 7.05. The lowest BCUT2D eigenvalue weighted by atomic mass is 10.1. The molecule has 2 aliphatic rings. The van der Waals surface area contributed by atoms with E-state index in [-0.39, 0.29) is 25.4 Å². The fraction of sp³-hybridized carbons (Fsp3) is 0.500. The van der Waals surface area contributed by atoms with Crippen LogP contribution < -0.4 is 9.47 Å². The summed E-state index contributed by atoms with van der Waals surface area (Å²) < 4.78 is 32.2. The number of methoxy groups -OCH3 is 2. The van der Waals surface area contributed by atoms with Gasteiger partial charge in [-0.15, -0.1) is 0 Å². The van der Waals surface area contributed by atoms with Gasteiger partial charge in [-0.2, -0.15) is 0 Å². The average Bonchev–Trinajstić information content (AvgIpc) is 3.72. The Morgan fingerprint density at radius 3 is 1.30 bits per heavy atom. The zero-order valence-electron chi connectivity index (χ0n) is 33.6. The van der Waals surface area contributed by atoms with Crippen LogP contribution in [0.5, 0.6) is 11.5 Å². The van der Waals surface area contributed by atoms with E-state index in [2.05, 4.69) is 39.3 Å². The topological polar surface area (TPSA) is 130 Å². The molecular formula is C40H58N2O10Si2. The summed E-state index contributed by atoms with van der Waals surface area (Å²) in [6, 6.07) is 14.8. The van der Waals surface area contributed by atoms with Gasteiger partial charge < -0.3 is 38.2 Å². The summed E-state index contributed by atoms with van der Waals surface area (Å²) in [6.45, 7) is 19.0. The minimum atomic E-state index is -1.15. The first-order valence-corrected chi connectivity index (χ1v) is 25.6. The smallest absolute Gasteiger partial charge is 0.329 e. The minimum Gasteiger partial charge on any atom is -0.467 e. The first-order chi connectivity index (χ1) is 25.5. The first kappa shape index (κ1) is 44.2. The maximum atomic E-state index is 13.0. The summed E-state index contributed by atoms with van der Waals surface area (Å²) in [7, 11) is 0.347. The van der Waals surface area contributed by atoms with Crippen LogP contribution in [0.1, 0.15) is 47.4 Å². The Hall–Kier alpha value is -4.25. The Kier molecular flexibility index (Phi) is 16.7. The van der Waals surface area contributed by atoms with Crippen molar-refractivity contribution in [3.63, 3.8) is 0 Å². The van der Waals surface area contributed by atoms with Crippen molar-refractivity contribution in [1.29, 1.82) is 0 Å². The van der Waals surface area contributed by atoms with Crippen LogP contribution >= 0.6 is 0 Å². The van der Waals surface area contributed by atoms with E-state index in [1.807, 2.05) is 13.8 Å². The molecule has 2 heterocycles. The number of esters is 2. The highest BCUT2D eigenvalue weighted by atomic mass is 28.3. The first-order valence-electron chi connectivity index (χ1n) is 18.2. The average molecular weight is 783 g/mol. The van der Waals surface area contributed by atoms with E-state index in [4.69, 9.17) is 28.4 Å². The number of amides is 2. The van der Waals surface area contributed by atoms with Crippen LogP contribution in [0, 0.1) is 0 Å². The van der Waals surface area contributed by atoms with Crippen LogP contribution in [0.4, 0.5) is 0 Å². The van der Waals surface area contributed by atoms with Crippen molar-refractivity contribution in [1.82, 2.24) is 9.80 Å². The lowest BCUT2D eigenvalue weighted by molar-refractivity contribution is -0.145. The number of benzene rings is 2. The zero-order valence-corrected chi connectivity index (χ0v) is 35.6. The molecule has 0 fully saturated rings. The monoisotopic (exact) mass is 782 g/mol. The fourth-order valence-electron chi connectivity index (χ4n) is 5.53. The number of hydrogen-bond acceptors (Lipinski definition) is 10. The highest BCUT2D eigenvalue weighted by Gasteiger charge is 2.37. The molecule has 0 aromatic heterocycles. The van der Waals surface area contributed by atoms with Crippen LogP contribution in [0.3, 0.4) is 0 Å². The highest BCUT2D eigenvalue weighted by Crippen LogP contribution is 2.29. The van der Waals surface area contributed by atoms with Gasteiger partial charge >= 0.3 is 11.9 Å². The van der Waals surface area contributed by atoms with Gasteiger partial charge in [-0.1, -0.05) is 74.7 Å². The standard InChI is InChI=1S/2C20H29NO5Si/c2*1-15-12-17(20(23)24-2)21(13-15)19(22)16-8-6-7-9-18(16)26-14-25-10-11-27(3,4)5/h2*6-9,13,17H,10-12,14H2,1-5H3/t2*17-/m00/s1. The summed E-state index contributed by atoms with van der Waals surface area (Å²) in [5.41, 5.74) is 2.69. The molecule has 0 aliphatic carbocycles. The molecule has 296 valence electrons. The summed E-state index contributed by atoms with van der Waals surface area (Å²) in [6.07, 6.45) is 4.35. The number of carbonyl (C=O) groups excluding carboxylic acids is 4. The Labute approximate surface area is 322 Å². The van der Waals surface area contributed by atoms with Crippen molar-refractivity contribution in [2.75, 3.05) is 41.0 Å². The number of carbonyl (C=O) groups is 4. The van der Waals surface area contributed by atoms with Crippen LogP contribution in [0.25, 0.3) is 0 Å². The van der Waals surface area contributed by atoms with Crippen LogP contribution in [0.15, 0.2) is 72.1 Å². The van der Waals surface area contributed by atoms with E-state index >= 15 is 0 Å². The van der Waals surface area contributed by atoms with Crippen LogP contribution in [0.2, 0.25) is 51.4 Å². The normalized spacial score (nSPS) is 16.9. The Balaban J connectivity index is 0.000000290. The number of rotatable bonds is 16. The van der Waals surface area contributed by atoms with Crippen molar-refractivity contribution in [2.24, 2.45) is 0 Å². The molecule has 2 amide bonds. The maximum Gasteiger partial charge on any atom is 0.329 e. The van der Waals surface area contributed by atoms with Crippen LogP contribution in [-0.4, -0.2) is 103 Å². The van der Waals surface area contributed by atoms with Crippen molar-refractivity contribution >= 4 is 39.9 Å². The van der Waals surface area contributed by atoms with E-state index < -0.39 is 40.2 Å². The predicted octanol–water partition coefficient (Wildman–Crippen LogP) is 7.34. The molecule has 54 heavy (non-hydrogen) atoms. The lowest BCUT2D eigenvalue weighted by Gasteiger charge is -2.22. The maximum absolute atomic E-state index is 13.0. The van der Waals surface area contributed by atoms with Gasteiger partial charge in [0, 0.05) is 54.6 Å². The van der Waals surface area contributed by atoms with Gasteiger partial charge in [-0.3, -0.25) is 9.59 Å². The van der Waals surface area contributed by atoms with Crippen LogP contribution in [-0.2, 0) is 28.5 Å². The quantitative estimate of drug-likeness (QED) is 0.0738. The molecule has 2 aliphatic heterocycles. The van der Waals surface area contributed by atoms with Gasteiger partial charge in [0.25, 0.3) is 11.8 Å². The molecule has 0 unspecified atom stereocenters. The molecule has 0 spiro atoms. The van der Waals surface area contributed by atoms with Gasteiger partial charge in [-0.05, 0) is 50.2 Å². The highest BCUT2D eigenvalue weighted by molar-refractivity contribution is 6.76. The number of hydrogen-bond donors (Lipinski definition) is 0. The Morgan fingerprint density at radius 1 is 0.611 bits per heavy atom. The summed E-state index contributed by atoms with van der Waals surface area (Å²) in [4.78, 5) is 52.9. The molecule has 4 rings (SSSR count). The molecule has 0 saturated heterocycles. The molecule has 0 radical (unpaired) electrons. The second-order valence-electron chi connectivity index (χ2n) is 15.8. The van der Waals surface area contributed by atoms with E-state index in [1.54, 1.807) is 60.9 Å². The van der Waals surface area contributed by atoms with Crippen molar-refractivity contribution in [3.8, 4) is 11.5 Å². The molecular weight excluding hydrogens is 725 g/mol. The molecule has 0 N–H and O–H groups in total. The third-order valence-corrected chi connectivity index (χ3v) is 12.1. The van der Waals surface area contributed by atoms with Gasteiger partial charge in [0.15, 0.2) is 13.6 Å². The number of nitrogens with zero attached hydrogens (tertiary/aromatic N) is 2. The molecule has 2 atom stereocenters. The summed E-state index contributed by atoms with van der Waals surface area (Å²) in [5.74, 6) is -0.553. The molecule has 12 nitrogen and oxygen atoms in total. The number of para-hydroxylation sites is 2. The zero-order chi connectivity index (χ0) is 40.1. The second kappa shape index (κ2) is 20.4. The third-order valence-electron chi connectivity index (χ3n) is 8.66. The van der Waals surface area contributed by atoms with E-state index in [0.717, 1.165) is 23.2 Å². The minimum absolute atomic E-state index is 0.0874. The second-order valence-corrected chi connectivity index (χ2v) is 27.1. The van der Waals surface area contributed by atoms with Gasteiger partial charge in [0.05, 0.1) is 25.3 Å². The van der Waals surface area contributed by atoms with Crippen molar-refractivity contribution in [2.45, 2.75) is 90.1 Å². The summed E-state index contributed by atoms with van der Waals surface area (Å²) in [5, 5.41) is 0. The van der Waals surface area contributed by atoms with Crippen molar-refractivity contribution < 1.29 is 47.6 Å². The van der Waals surface area contributed by atoms with Gasteiger partial charge in [-0.25, -0.2) is 9.59 Å². The van der Waals surface area contributed by atoms with E-state index in [0.29, 0.717) is 48.7 Å². The van der Waals surface area contributed by atoms with E-state index in [1.165, 1.54) is 24.0 Å². The molecule has 0 saturated carbocycles. The SMILES string of the molecule is COC(=O)[C@@H]1CC(C)=CN1C(=O)c1ccccc1OCOCC[Si](C)(C)C.COC(=O)[C@@H]1CC(C)=CN1C(=O)c1ccccc1OCOCC[Si](C)(C)C. The Morgan fingerprint density at radius 2 is 0.963 bits per heavy atom. The predicted molar refractivity (Wildman–Crippen MR) is 213 cm³/mol. The van der Waals surface area contributed by atoms with Gasteiger partial charge in [0.1, 0.15) is 23.6 Å². The molecule has 2 aromatic carbocycles. The molecule has 2 aromatic rings. The molecule has 0 bridgehead atoms. The number of ether oxygens (including phenoxy) is 6. The largest absolute Gasteiger partial charge is 0.467 e. The summed E-state index contributed by atoms with van der Waals surface area (Å²) >= 11 is 0. The van der Waals surface area contributed by atoms with Gasteiger partial charge in [0.2, 0.25) is 0 Å². The lowest BCUT2D eigenvalue weighted by Crippen LogP contribution is -2.39. The van der Waals surface area contributed by atoms with Crippen molar-refractivity contribution in [3.05, 3.63) is 83.2 Å². The third kappa shape index (κ3) is 13.6. The Bertz CT molecular complexity index is 1540. The molecule has 14 heteroatoms. The van der Waals surface area contributed by atoms with E-state index in [9.17, 15) is 19.2 Å².